The Balaban J connectivity index is 2.54. The lowest BCUT2D eigenvalue weighted by Gasteiger charge is -2.19. The summed E-state index contributed by atoms with van der Waals surface area (Å²) in [5, 5.41) is 15.3. The molecule has 0 saturated heterocycles. The van der Waals surface area contributed by atoms with E-state index in [4.69, 9.17) is 5.11 Å². The van der Waals surface area contributed by atoms with Crippen molar-refractivity contribution in [1.29, 1.82) is 0 Å². The molecule has 1 rings (SSSR count). The first-order valence-corrected chi connectivity index (χ1v) is 8.28. The minimum Gasteiger partial charge on any atom is -0.394 e. The van der Waals surface area contributed by atoms with Gasteiger partial charge in [-0.25, -0.2) is 4.79 Å². The summed E-state index contributed by atoms with van der Waals surface area (Å²) in [4.78, 5) is 13.1. The predicted molar refractivity (Wildman–Crippen MR) is 88.7 cm³/mol. The van der Waals surface area contributed by atoms with Crippen LogP contribution in [0.5, 0.6) is 0 Å². The summed E-state index contributed by atoms with van der Waals surface area (Å²) in [5.41, 5.74) is 1.07. The number of aliphatic hydroxyl groups excluding tert-OH is 1. The third-order valence-electron chi connectivity index (χ3n) is 3.15. The second kappa shape index (κ2) is 8.95. The lowest BCUT2D eigenvalue weighted by Crippen LogP contribution is -2.44. The summed E-state index contributed by atoms with van der Waals surface area (Å²) in [7, 11) is 0. The Morgan fingerprint density at radius 1 is 1.19 bits per heavy atom. The van der Waals surface area contributed by atoms with Crippen molar-refractivity contribution in [3.05, 3.63) is 29.8 Å². The number of amides is 2. The Morgan fingerprint density at radius 2 is 1.81 bits per heavy atom. The summed E-state index contributed by atoms with van der Waals surface area (Å²) in [6.45, 7) is 8.16. The zero-order valence-corrected chi connectivity index (χ0v) is 14.0. The molecule has 0 spiro atoms. The third kappa shape index (κ3) is 6.40. The molecule has 3 N–H and O–H groups in total. The van der Waals surface area contributed by atoms with Crippen LogP contribution >= 0.6 is 11.8 Å². The summed E-state index contributed by atoms with van der Waals surface area (Å²) in [6.07, 6.45) is 0.708. The van der Waals surface area contributed by atoms with Gasteiger partial charge in [0.15, 0.2) is 0 Å². The number of rotatable bonds is 7. The molecule has 0 fully saturated rings. The van der Waals surface area contributed by atoms with E-state index in [-0.39, 0.29) is 24.7 Å². The number of urea groups is 1. The lowest BCUT2D eigenvalue weighted by atomic mass is 10.1. The van der Waals surface area contributed by atoms with Gasteiger partial charge in [-0.05, 0) is 31.0 Å². The molecule has 0 saturated carbocycles. The van der Waals surface area contributed by atoms with Crippen LogP contribution in [0.3, 0.4) is 0 Å². The molecule has 4 nitrogen and oxygen atoms in total. The van der Waals surface area contributed by atoms with E-state index in [2.05, 4.69) is 36.6 Å². The molecule has 2 amide bonds. The number of benzene rings is 1. The van der Waals surface area contributed by atoms with E-state index < -0.39 is 0 Å². The van der Waals surface area contributed by atoms with Crippen molar-refractivity contribution in [3.63, 3.8) is 0 Å². The first-order valence-electron chi connectivity index (χ1n) is 7.40. The quantitative estimate of drug-likeness (QED) is 0.677. The van der Waals surface area contributed by atoms with E-state index in [9.17, 15) is 4.79 Å². The van der Waals surface area contributed by atoms with Crippen molar-refractivity contribution < 1.29 is 9.90 Å². The van der Waals surface area contributed by atoms with E-state index in [0.29, 0.717) is 11.7 Å². The van der Waals surface area contributed by atoms with Crippen LogP contribution in [0.1, 0.15) is 45.7 Å². The number of thioether (sulfide) groups is 1. The van der Waals surface area contributed by atoms with Crippen molar-refractivity contribution in [2.45, 2.75) is 56.3 Å². The maximum atomic E-state index is 11.8. The molecule has 2 unspecified atom stereocenters. The molecule has 1 aromatic rings. The van der Waals surface area contributed by atoms with E-state index in [1.807, 2.05) is 37.7 Å². The van der Waals surface area contributed by atoms with Crippen LogP contribution in [0.2, 0.25) is 0 Å². The van der Waals surface area contributed by atoms with E-state index in [0.717, 1.165) is 5.56 Å². The summed E-state index contributed by atoms with van der Waals surface area (Å²) in [5.74, 6) is 0. The minimum absolute atomic E-state index is 0.0422. The monoisotopic (exact) mass is 310 g/mol. The molecule has 0 aliphatic heterocycles. The van der Waals surface area contributed by atoms with E-state index in [1.165, 1.54) is 4.90 Å². The maximum Gasteiger partial charge on any atom is 0.315 e. The predicted octanol–water partition coefficient (Wildman–Crippen LogP) is 3.32. The lowest BCUT2D eigenvalue weighted by molar-refractivity contribution is 0.212. The van der Waals surface area contributed by atoms with Crippen LogP contribution in [0, 0.1) is 0 Å². The standard InChI is InChI=1S/C16H26N2O2S/c1-5-14(10-19)18-16(20)17-12(4)13-6-8-15(9-7-13)21-11(2)3/h6-9,11-12,14,19H,5,10H2,1-4H3,(H2,17,18,20). The van der Waals surface area contributed by atoms with Gasteiger partial charge in [0.1, 0.15) is 0 Å². The van der Waals surface area contributed by atoms with Crippen LogP contribution in [-0.4, -0.2) is 29.0 Å². The Hall–Kier alpha value is -1.20. The zero-order valence-electron chi connectivity index (χ0n) is 13.2. The van der Waals surface area contributed by atoms with E-state index >= 15 is 0 Å². The Bertz CT molecular complexity index is 430. The second-order valence-electron chi connectivity index (χ2n) is 5.36. The highest BCUT2D eigenvalue weighted by molar-refractivity contribution is 7.99. The van der Waals surface area contributed by atoms with Gasteiger partial charge in [0, 0.05) is 10.1 Å². The van der Waals surface area contributed by atoms with Gasteiger partial charge in [0.2, 0.25) is 0 Å². The number of carbonyl (C=O) groups is 1. The molecule has 1 aromatic carbocycles. The highest BCUT2D eigenvalue weighted by atomic mass is 32.2. The summed E-state index contributed by atoms with van der Waals surface area (Å²) in [6, 6.07) is 7.74. The number of carbonyl (C=O) groups excluding carboxylic acids is 1. The van der Waals surface area contributed by atoms with Crippen molar-refractivity contribution in [2.75, 3.05) is 6.61 Å². The van der Waals surface area contributed by atoms with Crippen LogP contribution in [-0.2, 0) is 0 Å². The smallest absolute Gasteiger partial charge is 0.315 e. The highest BCUT2D eigenvalue weighted by Crippen LogP contribution is 2.24. The zero-order chi connectivity index (χ0) is 15.8. The number of hydrogen-bond acceptors (Lipinski definition) is 3. The topological polar surface area (TPSA) is 61.4 Å². The molecular weight excluding hydrogens is 284 g/mol. The average molecular weight is 310 g/mol. The third-order valence-corrected chi connectivity index (χ3v) is 4.16. The molecule has 0 heterocycles. The fraction of sp³-hybridized carbons (Fsp3) is 0.562. The SMILES string of the molecule is CCC(CO)NC(=O)NC(C)c1ccc(SC(C)C)cc1. The van der Waals surface area contributed by atoms with Gasteiger partial charge in [-0.3, -0.25) is 0 Å². The average Bonchev–Trinajstić information content (AvgIpc) is 2.44. The number of nitrogens with one attached hydrogen (secondary N) is 2. The van der Waals surface area contributed by atoms with Gasteiger partial charge in [-0.2, -0.15) is 0 Å². The minimum atomic E-state index is -0.246. The van der Waals surface area contributed by atoms with Crippen molar-refractivity contribution in [2.24, 2.45) is 0 Å². The van der Waals surface area contributed by atoms with Gasteiger partial charge in [-0.1, -0.05) is 32.9 Å². The van der Waals surface area contributed by atoms with Gasteiger partial charge in [0.05, 0.1) is 18.7 Å². The molecule has 21 heavy (non-hydrogen) atoms. The summed E-state index contributed by atoms with van der Waals surface area (Å²) >= 11 is 1.82. The largest absolute Gasteiger partial charge is 0.394 e. The van der Waals surface area contributed by atoms with Crippen molar-refractivity contribution in [3.8, 4) is 0 Å². The fourth-order valence-corrected chi connectivity index (χ4v) is 2.73. The second-order valence-corrected chi connectivity index (χ2v) is 7.01. The molecule has 2 atom stereocenters. The van der Waals surface area contributed by atoms with Gasteiger partial charge in [0.25, 0.3) is 0 Å². The molecule has 0 radical (unpaired) electrons. The maximum absolute atomic E-state index is 11.8. The Morgan fingerprint density at radius 3 is 2.29 bits per heavy atom. The molecule has 118 valence electrons. The van der Waals surface area contributed by atoms with Crippen LogP contribution in [0.25, 0.3) is 0 Å². The first kappa shape index (κ1) is 17.9. The molecule has 0 aromatic heterocycles. The molecule has 0 aliphatic carbocycles. The molecule has 0 bridgehead atoms. The van der Waals surface area contributed by atoms with E-state index in [1.54, 1.807) is 0 Å². The number of hydrogen-bond donors (Lipinski definition) is 3. The van der Waals surface area contributed by atoms with Gasteiger partial charge >= 0.3 is 6.03 Å². The number of aliphatic hydroxyl groups is 1. The van der Waals surface area contributed by atoms with Crippen molar-refractivity contribution in [1.82, 2.24) is 10.6 Å². The van der Waals surface area contributed by atoms with Gasteiger partial charge in [-0.15, -0.1) is 11.8 Å². The van der Waals surface area contributed by atoms with Crippen LogP contribution < -0.4 is 10.6 Å². The molecule has 5 heteroatoms. The van der Waals surface area contributed by atoms with Crippen molar-refractivity contribution >= 4 is 17.8 Å². The Kier molecular flexibility index (Phi) is 7.61. The highest BCUT2D eigenvalue weighted by Gasteiger charge is 2.12. The van der Waals surface area contributed by atoms with Crippen LogP contribution in [0.15, 0.2) is 29.2 Å². The molecular formula is C16H26N2O2S. The summed E-state index contributed by atoms with van der Waals surface area (Å²) < 4.78 is 0. The normalized spacial score (nSPS) is 13.8. The van der Waals surface area contributed by atoms with Crippen LogP contribution in [0.4, 0.5) is 4.79 Å². The fourth-order valence-electron chi connectivity index (χ4n) is 1.89. The Labute approximate surface area is 131 Å². The first-order chi connectivity index (χ1) is 9.96. The molecule has 0 aliphatic rings. The van der Waals surface area contributed by atoms with Gasteiger partial charge < -0.3 is 15.7 Å².